The minimum Gasteiger partial charge on any atom is -0.448 e. The maximum absolute atomic E-state index is 13.0. The highest BCUT2D eigenvalue weighted by Crippen LogP contribution is 2.31. The number of carbonyl (C=O) groups is 2. The summed E-state index contributed by atoms with van der Waals surface area (Å²) in [5.74, 6) is -2.06. The Kier molecular flexibility index (Phi) is 7.03. The number of amides is 1. The topological polar surface area (TPSA) is 73.2 Å². The predicted octanol–water partition coefficient (Wildman–Crippen LogP) is 6.52. The Bertz CT molecular complexity index is 1430. The Balaban J connectivity index is 1.52. The number of alkyl halides is 3. The second-order valence-electron chi connectivity index (χ2n) is 8.42. The molecule has 0 spiro atoms. The lowest BCUT2D eigenvalue weighted by Crippen LogP contribution is -2.36. The molecule has 1 atom stereocenters. The Morgan fingerprint density at radius 3 is 2.47 bits per heavy atom. The van der Waals surface area contributed by atoms with Gasteiger partial charge in [0.2, 0.25) is 0 Å². The van der Waals surface area contributed by atoms with Gasteiger partial charge in [-0.15, -0.1) is 0 Å². The number of benzene rings is 3. The number of esters is 1. The van der Waals surface area contributed by atoms with Gasteiger partial charge in [-0.1, -0.05) is 49.7 Å². The van der Waals surface area contributed by atoms with E-state index in [2.05, 4.69) is 10.4 Å². The number of anilines is 1. The number of hydrogen-bond acceptors (Lipinski definition) is 4. The molecule has 1 aromatic heterocycles. The Labute approximate surface area is 209 Å². The van der Waals surface area contributed by atoms with E-state index < -0.39 is 35.6 Å². The number of carbonyl (C=O) groups excluding carboxylic acids is 2. The van der Waals surface area contributed by atoms with Crippen LogP contribution in [-0.2, 0) is 15.7 Å². The monoisotopic (exact) mass is 515 g/mol. The van der Waals surface area contributed by atoms with E-state index in [1.807, 2.05) is 24.3 Å². The fourth-order valence-electron chi connectivity index (χ4n) is 3.64. The molecule has 0 aliphatic carbocycles. The molecule has 4 rings (SSSR count). The first-order valence-corrected chi connectivity index (χ1v) is 11.3. The number of fused-ring (bicyclic) bond motifs is 1. The van der Waals surface area contributed by atoms with Crippen LogP contribution < -0.4 is 5.32 Å². The summed E-state index contributed by atoms with van der Waals surface area (Å²) >= 11 is 6.38. The zero-order chi connectivity index (χ0) is 26.0. The first kappa shape index (κ1) is 25.2. The van der Waals surface area contributed by atoms with Crippen LogP contribution in [0.2, 0.25) is 5.02 Å². The highest BCUT2D eigenvalue weighted by molar-refractivity contribution is 6.33. The van der Waals surface area contributed by atoms with Crippen LogP contribution in [0.4, 0.5) is 18.9 Å². The van der Waals surface area contributed by atoms with Crippen LogP contribution in [0.1, 0.15) is 29.8 Å². The molecule has 0 radical (unpaired) electrons. The van der Waals surface area contributed by atoms with Gasteiger partial charge in [0, 0.05) is 11.1 Å². The van der Waals surface area contributed by atoms with Gasteiger partial charge in [-0.05, 0) is 48.4 Å². The molecule has 3 aromatic carbocycles. The normalized spacial score (nSPS) is 12.5. The van der Waals surface area contributed by atoms with Crippen LogP contribution in [0.3, 0.4) is 0 Å². The molecule has 0 saturated carbocycles. The number of halogens is 4. The van der Waals surface area contributed by atoms with E-state index in [1.165, 1.54) is 18.2 Å². The second kappa shape index (κ2) is 10.0. The molecule has 0 saturated heterocycles. The van der Waals surface area contributed by atoms with Crippen LogP contribution in [-0.4, -0.2) is 27.8 Å². The molecule has 0 fully saturated rings. The first-order chi connectivity index (χ1) is 17.0. The van der Waals surface area contributed by atoms with E-state index in [0.717, 1.165) is 23.0 Å². The summed E-state index contributed by atoms with van der Waals surface area (Å²) in [6, 6.07) is 16.5. The molecule has 6 nitrogen and oxygen atoms in total. The van der Waals surface area contributed by atoms with Crippen molar-refractivity contribution in [2.24, 2.45) is 5.92 Å². The molecule has 0 aliphatic heterocycles. The quantitative estimate of drug-likeness (QED) is 0.297. The standard InChI is InChI=1S/C26H21ClF3N3O3/c1-15(2)23(24(34)32-18-8-5-7-17(12-18)26(28,29)30)36-25(35)20-11-10-19(13-21(20)27)33-22-9-4-3-6-16(22)14-31-33/h3-15,23H,1-2H3,(H,32,34). The first-order valence-electron chi connectivity index (χ1n) is 11.0. The summed E-state index contributed by atoms with van der Waals surface area (Å²) in [4.78, 5) is 25.7. The van der Waals surface area contributed by atoms with Gasteiger partial charge in [-0.25, -0.2) is 9.48 Å². The lowest BCUT2D eigenvalue weighted by molar-refractivity contribution is -0.137. The Morgan fingerprint density at radius 2 is 1.78 bits per heavy atom. The number of para-hydroxylation sites is 1. The number of aromatic nitrogens is 2. The summed E-state index contributed by atoms with van der Waals surface area (Å²) in [6.07, 6.45) is -4.12. The van der Waals surface area contributed by atoms with Gasteiger partial charge in [-0.2, -0.15) is 18.3 Å². The average molecular weight is 516 g/mol. The second-order valence-corrected chi connectivity index (χ2v) is 8.82. The van der Waals surface area contributed by atoms with Crippen molar-refractivity contribution in [2.45, 2.75) is 26.1 Å². The van der Waals surface area contributed by atoms with Gasteiger partial charge in [0.25, 0.3) is 5.91 Å². The summed E-state index contributed by atoms with van der Waals surface area (Å²) in [7, 11) is 0. The molecule has 0 bridgehead atoms. The van der Waals surface area contributed by atoms with Crippen molar-refractivity contribution in [2.75, 3.05) is 5.32 Å². The summed E-state index contributed by atoms with van der Waals surface area (Å²) in [6.45, 7) is 3.30. The third-order valence-corrected chi connectivity index (χ3v) is 5.76. The van der Waals surface area contributed by atoms with Gasteiger partial charge in [-0.3, -0.25) is 4.79 Å². The van der Waals surface area contributed by atoms with Crippen molar-refractivity contribution in [1.82, 2.24) is 9.78 Å². The zero-order valence-electron chi connectivity index (χ0n) is 19.2. The van der Waals surface area contributed by atoms with Gasteiger partial charge in [0.05, 0.1) is 33.6 Å². The smallest absolute Gasteiger partial charge is 0.416 e. The van der Waals surface area contributed by atoms with Crippen LogP contribution in [0.15, 0.2) is 72.9 Å². The third-order valence-electron chi connectivity index (χ3n) is 5.45. The van der Waals surface area contributed by atoms with Crippen molar-refractivity contribution >= 4 is 40.1 Å². The van der Waals surface area contributed by atoms with Crippen molar-refractivity contribution in [1.29, 1.82) is 0 Å². The van der Waals surface area contributed by atoms with Crippen LogP contribution in [0, 0.1) is 5.92 Å². The van der Waals surface area contributed by atoms with Gasteiger partial charge in [0.15, 0.2) is 6.10 Å². The van der Waals surface area contributed by atoms with E-state index in [9.17, 15) is 22.8 Å². The molecular formula is C26H21ClF3N3O3. The summed E-state index contributed by atoms with van der Waals surface area (Å²) in [5, 5.41) is 7.78. The maximum Gasteiger partial charge on any atom is 0.416 e. The molecule has 0 aliphatic rings. The van der Waals surface area contributed by atoms with Crippen molar-refractivity contribution in [3.63, 3.8) is 0 Å². The van der Waals surface area contributed by atoms with E-state index in [-0.39, 0.29) is 16.3 Å². The number of hydrogen-bond donors (Lipinski definition) is 1. The van der Waals surface area contributed by atoms with Gasteiger partial charge >= 0.3 is 12.1 Å². The molecule has 1 amide bonds. The lowest BCUT2D eigenvalue weighted by Gasteiger charge is -2.21. The summed E-state index contributed by atoms with van der Waals surface area (Å²) < 4.78 is 46.1. The molecule has 186 valence electrons. The average Bonchev–Trinajstić information content (AvgIpc) is 3.26. The van der Waals surface area contributed by atoms with Crippen LogP contribution in [0.25, 0.3) is 16.6 Å². The lowest BCUT2D eigenvalue weighted by atomic mass is 10.1. The van der Waals surface area contributed by atoms with E-state index in [1.54, 1.807) is 36.9 Å². The fraction of sp³-hybridized carbons (Fsp3) is 0.192. The molecule has 1 heterocycles. The number of nitrogens with zero attached hydrogens (tertiary/aromatic N) is 2. The molecule has 36 heavy (non-hydrogen) atoms. The van der Waals surface area contributed by atoms with Crippen molar-refractivity contribution < 1.29 is 27.5 Å². The minimum atomic E-state index is -4.56. The third kappa shape index (κ3) is 5.36. The highest BCUT2D eigenvalue weighted by Gasteiger charge is 2.32. The predicted molar refractivity (Wildman–Crippen MR) is 130 cm³/mol. The molecule has 1 unspecified atom stereocenters. The Morgan fingerprint density at radius 1 is 1.03 bits per heavy atom. The van der Waals surface area contributed by atoms with Gasteiger partial charge < -0.3 is 10.1 Å². The Hall–Kier alpha value is -3.85. The number of rotatable bonds is 6. The largest absolute Gasteiger partial charge is 0.448 e. The number of nitrogens with one attached hydrogen (secondary N) is 1. The van der Waals surface area contributed by atoms with Crippen molar-refractivity contribution in [3.8, 4) is 5.69 Å². The molecule has 1 N–H and O–H groups in total. The van der Waals surface area contributed by atoms with Gasteiger partial charge in [0.1, 0.15) is 0 Å². The maximum atomic E-state index is 13.0. The van der Waals surface area contributed by atoms with E-state index in [0.29, 0.717) is 5.69 Å². The van der Waals surface area contributed by atoms with E-state index >= 15 is 0 Å². The molecular weight excluding hydrogens is 495 g/mol. The van der Waals surface area contributed by atoms with Crippen molar-refractivity contribution in [3.05, 3.63) is 89.1 Å². The van der Waals surface area contributed by atoms with Crippen LogP contribution in [0.5, 0.6) is 0 Å². The fourth-order valence-corrected chi connectivity index (χ4v) is 3.89. The van der Waals surface area contributed by atoms with E-state index in [4.69, 9.17) is 16.3 Å². The highest BCUT2D eigenvalue weighted by atomic mass is 35.5. The minimum absolute atomic E-state index is 0.0365. The molecule has 10 heteroatoms. The SMILES string of the molecule is CC(C)C(OC(=O)c1ccc(-n2ncc3ccccc32)cc1Cl)C(=O)Nc1cccc(C(F)(F)F)c1. The van der Waals surface area contributed by atoms with Crippen LogP contribution >= 0.6 is 11.6 Å². The molecule has 4 aromatic rings. The zero-order valence-corrected chi connectivity index (χ0v) is 20.0. The summed E-state index contributed by atoms with van der Waals surface area (Å²) in [5.41, 5.74) is 0.547. The number of ether oxygens (including phenoxy) is 1.